The molecule has 1 amide bonds. The monoisotopic (exact) mass is 599 g/mol. The van der Waals surface area contributed by atoms with Crippen molar-refractivity contribution in [2.24, 2.45) is 5.92 Å². The number of rotatable bonds is 6. The van der Waals surface area contributed by atoms with Gasteiger partial charge in [0.1, 0.15) is 17.2 Å². The van der Waals surface area contributed by atoms with E-state index in [2.05, 4.69) is 5.32 Å². The van der Waals surface area contributed by atoms with Crippen LogP contribution in [0.2, 0.25) is 0 Å². The number of benzene rings is 4. The van der Waals surface area contributed by atoms with Gasteiger partial charge in [-0.05, 0) is 65.2 Å². The first kappa shape index (κ1) is 27.9. The van der Waals surface area contributed by atoms with Gasteiger partial charge in [-0.1, -0.05) is 42.5 Å². The fraction of sp³-hybridized carbons (Fsp3) is 0.143. The number of anilines is 1. The zero-order chi connectivity index (χ0) is 31.5. The number of nitro groups is 1. The molecule has 10 nitrogen and oxygen atoms in total. The molecule has 0 radical (unpaired) electrons. The van der Waals surface area contributed by atoms with Gasteiger partial charge in [-0.25, -0.2) is 0 Å². The van der Waals surface area contributed by atoms with Gasteiger partial charge in [0, 0.05) is 42.1 Å². The SMILES string of the molecule is CC(=O)Oc1ccc(C(=O)[C@H]2[C@H](C(=O)c3ccc([N+](=O)[O-])cc3)[C@]3(C(=O)Nc4ccccc43)[C@H]3c4ccccc4C=CN23)cc1. The normalized spacial score (nSPS) is 22.3. The zero-order valence-electron chi connectivity index (χ0n) is 23.9. The summed E-state index contributed by atoms with van der Waals surface area (Å²) in [5, 5.41) is 14.4. The van der Waals surface area contributed by atoms with Crippen LogP contribution in [0.3, 0.4) is 0 Å². The number of nitrogens with zero attached hydrogens (tertiary/aromatic N) is 2. The molecule has 4 aromatic carbocycles. The summed E-state index contributed by atoms with van der Waals surface area (Å²) in [6.07, 6.45) is 3.63. The topological polar surface area (TPSA) is 136 Å². The van der Waals surface area contributed by atoms with Crippen LogP contribution in [0.4, 0.5) is 11.4 Å². The fourth-order valence-corrected chi connectivity index (χ4v) is 7.12. The number of nitro benzene ring substituents is 1. The van der Waals surface area contributed by atoms with Crippen LogP contribution in [0.5, 0.6) is 5.75 Å². The second kappa shape index (κ2) is 10.4. The molecular weight excluding hydrogens is 574 g/mol. The van der Waals surface area contributed by atoms with Crippen molar-refractivity contribution in [3.05, 3.63) is 141 Å². The molecular formula is C35H25N3O7. The van der Waals surface area contributed by atoms with E-state index in [1.54, 1.807) is 29.3 Å². The van der Waals surface area contributed by atoms with E-state index >= 15 is 0 Å². The van der Waals surface area contributed by atoms with Gasteiger partial charge < -0.3 is 15.0 Å². The van der Waals surface area contributed by atoms with Gasteiger partial charge in [0.2, 0.25) is 5.91 Å². The summed E-state index contributed by atoms with van der Waals surface area (Å²) in [5.41, 5.74) is 1.46. The van der Waals surface area contributed by atoms with Crippen LogP contribution >= 0.6 is 0 Å². The molecule has 4 aromatic rings. The van der Waals surface area contributed by atoms with Crippen LogP contribution < -0.4 is 10.1 Å². The Bertz CT molecular complexity index is 1950. The largest absolute Gasteiger partial charge is 0.427 e. The van der Waals surface area contributed by atoms with Gasteiger partial charge >= 0.3 is 5.97 Å². The van der Waals surface area contributed by atoms with E-state index < -0.39 is 51.8 Å². The molecule has 1 N–H and O–H groups in total. The minimum atomic E-state index is -1.53. The summed E-state index contributed by atoms with van der Waals surface area (Å²) in [6.45, 7) is 1.27. The molecule has 0 unspecified atom stereocenters. The van der Waals surface area contributed by atoms with Crippen LogP contribution in [0, 0.1) is 16.0 Å². The van der Waals surface area contributed by atoms with Crippen LogP contribution in [0.15, 0.2) is 103 Å². The fourth-order valence-electron chi connectivity index (χ4n) is 7.12. The van der Waals surface area contributed by atoms with E-state index in [0.29, 0.717) is 11.3 Å². The number of carbonyl (C=O) groups is 4. The highest BCUT2D eigenvalue weighted by atomic mass is 16.6. The van der Waals surface area contributed by atoms with Gasteiger partial charge in [0.15, 0.2) is 11.6 Å². The molecule has 3 aliphatic rings. The van der Waals surface area contributed by atoms with Crippen LogP contribution in [-0.2, 0) is 15.0 Å². The van der Waals surface area contributed by atoms with Crippen molar-refractivity contribution < 1.29 is 28.8 Å². The summed E-state index contributed by atoms with van der Waals surface area (Å²) in [4.78, 5) is 68.0. The summed E-state index contributed by atoms with van der Waals surface area (Å²) < 4.78 is 5.15. The molecule has 45 heavy (non-hydrogen) atoms. The average molecular weight is 600 g/mol. The van der Waals surface area contributed by atoms with Crippen molar-refractivity contribution in [3.8, 4) is 5.75 Å². The number of amides is 1. The molecule has 0 aliphatic carbocycles. The number of fused-ring (bicyclic) bond motifs is 6. The lowest BCUT2D eigenvalue weighted by Gasteiger charge is -2.38. The van der Waals surface area contributed by atoms with E-state index in [0.717, 1.165) is 11.1 Å². The first-order valence-electron chi connectivity index (χ1n) is 14.3. The first-order chi connectivity index (χ1) is 21.7. The first-order valence-corrected chi connectivity index (χ1v) is 14.3. The molecule has 0 aromatic heterocycles. The number of Topliss-reactive ketones (excluding diaryl/α,β-unsaturated/α-hetero) is 2. The van der Waals surface area contributed by atoms with Gasteiger partial charge in [-0.15, -0.1) is 0 Å². The maximum Gasteiger partial charge on any atom is 0.308 e. The minimum Gasteiger partial charge on any atom is -0.427 e. The Hall–Kier alpha value is -5.90. The molecule has 1 fully saturated rings. The predicted molar refractivity (Wildman–Crippen MR) is 164 cm³/mol. The second-order valence-corrected chi connectivity index (χ2v) is 11.2. The number of para-hydroxylation sites is 1. The standard InChI is InChI=1S/C35H25N3O7/c1-20(39)45-25-16-12-23(13-17-25)32(41)30-29(31(40)22-10-14-24(15-11-22)38(43)44)35(27-8-4-5-9-28(27)36-34(35)42)33-26-7-3-2-6-21(26)18-19-37(30)33/h2-19,29-30,33H,1H3,(H,36,42)/t29-,30-,33-,35+/m1/s1. The molecule has 0 bridgehead atoms. The molecule has 3 heterocycles. The zero-order valence-corrected chi connectivity index (χ0v) is 23.9. The Kier molecular flexibility index (Phi) is 6.43. The van der Waals surface area contributed by atoms with Gasteiger partial charge in [0.05, 0.1) is 16.9 Å². The summed E-state index contributed by atoms with van der Waals surface area (Å²) in [5.74, 6) is -2.80. The third kappa shape index (κ3) is 4.17. The Labute approximate surface area is 257 Å². The van der Waals surface area contributed by atoms with Crippen LogP contribution in [-0.4, -0.2) is 39.3 Å². The van der Waals surface area contributed by atoms with Crippen molar-refractivity contribution >= 4 is 40.9 Å². The van der Waals surface area contributed by atoms with Crippen molar-refractivity contribution in [3.63, 3.8) is 0 Å². The van der Waals surface area contributed by atoms with E-state index in [1.165, 1.54) is 55.5 Å². The Morgan fingerprint density at radius 3 is 2.22 bits per heavy atom. The number of esters is 1. The third-order valence-corrected chi connectivity index (χ3v) is 8.88. The van der Waals surface area contributed by atoms with Gasteiger partial charge in [-0.3, -0.25) is 29.3 Å². The van der Waals surface area contributed by atoms with E-state index in [-0.39, 0.29) is 22.6 Å². The third-order valence-electron chi connectivity index (χ3n) is 8.88. The number of carbonyl (C=O) groups excluding carboxylic acids is 4. The maximum atomic E-state index is 14.8. The molecule has 10 heteroatoms. The van der Waals surface area contributed by atoms with Crippen LogP contribution in [0.25, 0.3) is 6.08 Å². The van der Waals surface area contributed by atoms with Gasteiger partial charge in [-0.2, -0.15) is 0 Å². The quantitative estimate of drug-likeness (QED) is 0.101. The van der Waals surface area contributed by atoms with Crippen molar-refractivity contribution in [2.45, 2.75) is 24.4 Å². The predicted octanol–water partition coefficient (Wildman–Crippen LogP) is 5.50. The number of ether oxygens (including phenoxy) is 1. The Morgan fingerprint density at radius 1 is 0.867 bits per heavy atom. The Morgan fingerprint density at radius 2 is 1.51 bits per heavy atom. The lowest BCUT2D eigenvalue weighted by atomic mass is 9.62. The molecule has 222 valence electrons. The molecule has 0 saturated carbocycles. The number of nitrogens with one attached hydrogen (secondary N) is 1. The number of hydrogen-bond donors (Lipinski definition) is 1. The number of non-ortho nitro benzene ring substituents is 1. The summed E-state index contributed by atoms with van der Waals surface area (Å²) in [7, 11) is 0. The number of hydrogen-bond acceptors (Lipinski definition) is 8. The molecule has 1 spiro atoms. The van der Waals surface area contributed by atoms with E-state index in [4.69, 9.17) is 4.74 Å². The minimum absolute atomic E-state index is 0.141. The van der Waals surface area contributed by atoms with Crippen molar-refractivity contribution in [2.75, 3.05) is 5.32 Å². The molecule has 4 atom stereocenters. The van der Waals surface area contributed by atoms with Gasteiger partial charge in [0.25, 0.3) is 5.69 Å². The smallest absolute Gasteiger partial charge is 0.308 e. The van der Waals surface area contributed by atoms with Crippen molar-refractivity contribution in [1.29, 1.82) is 0 Å². The molecule has 7 rings (SSSR count). The summed E-state index contributed by atoms with van der Waals surface area (Å²) in [6, 6.07) is 24.1. The van der Waals surface area contributed by atoms with E-state index in [1.807, 2.05) is 36.4 Å². The highest BCUT2D eigenvalue weighted by molar-refractivity contribution is 6.16. The summed E-state index contributed by atoms with van der Waals surface area (Å²) >= 11 is 0. The highest BCUT2D eigenvalue weighted by Crippen LogP contribution is 2.62. The lowest BCUT2D eigenvalue weighted by Crippen LogP contribution is -2.49. The molecule has 1 saturated heterocycles. The maximum absolute atomic E-state index is 14.8. The average Bonchev–Trinajstić information content (AvgIpc) is 3.52. The lowest BCUT2D eigenvalue weighted by molar-refractivity contribution is -0.384. The van der Waals surface area contributed by atoms with Crippen molar-refractivity contribution in [1.82, 2.24) is 4.90 Å². The van der Waals surface area contributed by atoms with Crippen LogP contribution in [0.1, 0.15) is 50.4 Å². The van der Waals surface area contributed by atoms with E-state index in [9.17, 15) is 29.3 Å². The second-order valence-electron chi connectivity index (χ2n) is 11.2. The highest BCUT2D eigenvalue weighted by Gasteiger charge is 2.70. The Balaban J connectivity index is 1.47. The molecule has 3 aliphatic heterocycles. The number of ketones is 2.